The number of carboxylic acid groups (broad SMARTS) is 4. The maximum atomic E-state index is 15.1. The highest BCUT2D eigenvalue weighted by Gasteiger charge is 2.44. The molecule has 122 heavy (non-hydrogen) atoms. The third kappa shape index (κ3) is 35.4. The van der Waals surface area contributed by atoms with Crippen molar-refractivity contribution >= 4 is 113 Å². The first-order chi connectivity index (χ1) is 57.7. The van der Waals surface area contributed by atoms with Crippen molar-refractivity contribution in [3.63, 3.8) is 0 Å². The molecule has 44 heteroatoms. The van der Waals surface area contributed by atoms with E-state index in [1.54, 1.807) is 58.0 Å². The number of nitrogens with one attached hydrogen (secondary N) is 13. The molecule has 0 bridgehead atoms. The van der Waals surface area contributed by atoms with E-state index in [0.29, 0.717) is 30.5 Å². The Balaban J connectivity index is 1.57. The maximum absolute atomic E-state index is 15.1. The van der Waals surface area contributed by atoms with Crippen molar-refractivity contribution in [1.82, 2.24) is 83.6 Å². The van der Waals surface area contributed by atoms with Crippen LogP contribution in [0, 0.1) is 17.8 Å². The van der Waals surface area contributed by atoms with Gasteiger partial charge in [-0.05, 0) is 133 Å². The van der Waals surface area contributed by atoms with Crippen LogP contribution in [-0.2, 0) is 99.1 Å². The number of H-pyrrole nitrogens is 1. The fraction of sp³-hybridized carbons (Fsp3) is 0.641. The van der Waals surface area contributed by atoms with E-state index in [-0.39, 0.29) is 134 Å². The third-order valence-corrected chi connectivity index (χ3v) is 20.0. The average Bonchev–Trinajstić information content (AvgIpc) is 1.63. The van der Waals surface area contributed by atoms with E-state index >= 15 is 4.79 Å². The zero-order valence-electron chi connectivity index (χ0n) is 69.9. The number of aliphatic hydroxyl groups excluding tert-OH is 1. The lowest BCUT2D eigenvalue weighted by Gasteiger charge is -2.31. The summed E-state index contributed by atoms with van der Waals surface area (Å²) in [6, 6.07) is -13.3. The van der Waals surface area contributed by atoms with Crippen molar-refractivity contribution in [2.75, 3.05) is 39.3 Å². The summed E-state index contributed by atoms with van der Waals surface area (Å²) < 4.78 is 0. The minimum absolute atomic E-state index is 0.0124. The van der Waals surface area contributed by atoms with Gasteiger partial charge in [0, 0.05) is 57.7 Å². The second-order valence-corrected chi connectivity index (χ2v) is 31.4. The molecule has 0 spiro atoms. The molecule has 26 N–H and O–H groups in total. The Labute approximate surface area is 705 Å². The molecule has 0 radical (unpaired) electrons. The van der Waals surface area contributed by atoms with Gasteiger partial charge < -0.3 is 127 Å². The molecule has 0 unspecified atom stereocenters. The Hall–Kier alpha value is -12.0. The molecular formula is C78H123N21O23. The van der Waals surface area contributed by atoms with E-state index in [2.05, 4.69) is 78.8 Å². The van der Waals surface area contributed by atoms with Crippen LogP contribution in [0.1, 0.15) is 175 Å². The third-order valence-electron chi connectivity index (χ3n) is 20.0. The number of aliphatic carboxylic acids is 4. The largest absolute Gasteiger partial charge is 0.481 e. The van der Waals surface area contributed by atoms with E-state index in [0.717, 1.165) is 11.8 Å². The molecule has 1 aromatic carbocycles. The molecule has 4 rings (SSSR count). The van der Waals surface area contributed by atoms with E-state index in [1.807, 2.05) is 0 Å². The van der Waals surface area contributed by atoms with E-state index in [1.165, 1.54) is 31.3 Å². The number of hydrogen-bond acceptors (Lipinski definition) is 23. The summed E-state index contributed by atoms with van der Waals surface area (Å²) in [5.41, 5.74) is 23.0. The molecule has 0 aliphatic carbocycles. The van der Waals surface area contributed by atoms with Gasteiger partial charge in [-0.1, -0.05) is 71.9 Å². The number of carbonyl (C=O) groups is 18. The molecule has 14 amide bonds. The van der Waals surface area contributed by atoms with Crippen molar-refractivity contribution < 1.29 is 112 Å². The van der Waals surface area contributed by atoms with E-state index < -0.39 is 229 Å². The number of imidazole rings is 1. The molecule has 3 heterocycles. The zero-order valence-corrected chi connectivity index (χ0v) is 69.9. The molecule has 2 aromatic rings. The van der Waals surface area contributed by atoms with Crippen LogP contribution in [0.2, 0.25) is 0 Å². The van der Waals surface area contributed by atoms with Crippen molar-refractivity contribution in [2.24, 2.45) is 45.7 Å². The maximum Gasteiger partial charge on any atom is 0.326 e. The normalized spacial score (nSPS) is 16.7. The summed E-state index contributed by atoms with van der Waals surface area (Å²) in [4.78, 5) is 260. The molecule has 1 aromatic heterocycles. The van der Waals surface area contributed by atoms with Gasteiger partial charge >= 0.3 is 23.9 Å². The smallest absolute Gasteiger partial charge is 0.326 e. The Kier molecular flexibility index (Phi) is 43.9. The minimum Gasteiger partial charge on any atom is -0.481 e. The lowest BCUT2D eigenvalue weighted by molar-refractivity contribution is -0.145. The quantitative estimate of drug-likeness (QED) is 0.0167. The number of guanidine groups is 1. The second-order valence-electron chi connectivity index (χ2n) is 31.4. The molecule has 44 nitrogen and oxygen atoms in total. The fourth-order valence-corrected chi connectivity index (χ4v) is 13.8. The molecule has 2 fully saturated rings. The monoisotopic (exact) mass is 1720 g/mol. The van der Waals surface area contributed by atoms with Crippen LogP contribution >= 0.6 is 0 Å². The highest BCUT2D eigenvalue weighted by atomic mass is 16.4. The summed E-state index contributed by atoms with van der Waals surface area (Å²) in [6.45, 7) is 10.2. The molecule has 0 saturated carbocycles. The van der Waals surface area contributed by atoms with Crippen LogP contribution in [0.4, 0.5) is 0 Å². The lowest BCUT2D eigenvalue weighted by Crippen LogP contribution is -2.62. The van der Waals surface area contributed by atoms with Crippen molar-refractivity contribution in [3.8, 4) is 0 Å². The molecule has 2 aliphatic rings. The summed E-state index contributed by atoms with van der Waals surface area (Å²) in [5.74, 6) is -20.9. The first-order valence-electron chi connectivity index (χ1n) is 40.9. The highest BCUT2D eigenvalue weighted by Crippen LogP contribution is 2.24. The summed E-state index contributed by atoms with van der Waals surface area (Å²) in [7, 11) is 0. The number of hydrogen-bond donors (Lipinski definition) is 22. The van der Waals surface area contributed by atoms with Gasteiger partial charge in [-0.2, -0.15) is 0 Å². The standard InChI is InChI=1S/C78H123N21O23/c1-41(2)32-51(91-68(112)52(34-45-18-9-8-10-19-45)92-65(109)49(25-26-60(102)103)89-64(108)47(20-11-13-27-79)87-69(113)53(36-61(104)105)86-44(7)101)67(111)95-56(35-46-38-83-40-85-46)76(120)99-31-17-24-59(99)73(117)96-57(39-100)71(115)88-48(21-12-14-28-80)66(110)97-63(43(5)6)74(118)93-54(37-62(106)107)70(114)94-55(33-42(3)4)75(119)98-30-16-23-58(98)72(116)90-50(77(121)122)22-15-29-84-78(81)82/h8-10,18-19,38,40-43,47-59,63,100H,11-17,20-37,39,79-80H2,1-7H3,(H,83,85)(H,86,101)(H,87,113)(H,88,115)(H,89,108)(H,90,116)(H,91,112)(H,92,109)(H,93,118)(H,94,114)(H,95,111)(H,96,117)(H,97,110)(H,102,103)(H,104,105)(H,106,107)(H,121,122)(H4,81,82,84)/t47-,48-,49-,50-,51-,52-,53-,54-,55-,56-,57-,58-,59-,63-/m0/s1. The van der Waals surface area contributed by atoms with Gasteiger partial charge in [0.2, 0.25) is 82.7 Å². The summed E-state index contributed by atoms with van der Waals surface area (Å²) >= 11 is 0. The predicted molar refractivity (Wildman–Crippen MR) is 436 cm³/mol. The van der Waals surface area contributed by atoms with E-state index in [4.69, 9.17) is 22.9 Å². The average molecular weight is 1720 g/mol. The number of aromatic amines is 1. The predicted octanol–water partition coefficient (Wildman–Crippen LogP) is -5.03. The van der Waals surface area contributed by atoms with Gasteiger partial charge in [0.15, 0.2) is 5.96 Å². The number of carboxylic acids is 4. The van der Waals surface area contributed by atoms with Gasteiger partial charge in [0.25, 0.3) is 0 Å². The number of benzene rings is 1. The fourth-order valence-electron chi connectivity index (χ4n) is 13.8. The van der Waals surface area contributed by atoms with Gasteiger partial charge in [0.05, 0.1) is 25.8 Å². The number of rotatable bonds is 55. The van der Waals surface area contributed by atoms with Crippen molar-refractivity contribution in [2.45, 2.75) is 261 Å². The number of likely N-dealkylation sites (tertiary alicyclic amines) is 2. The molecule has 678 valence electrons. The zero-order chi connectivity index (χ0) is 91.0. The van der Waals surface area contributed by atoms with Gasteiger partial charge in [-0.15, -0.1) is 0 Å². The summed E-state index contributed by atoms with van der Waals surface area (Å²) in [5, 5.41) is 79.9. The minimum atomic E-state index is -1.89. The van der Waals surface area contributed by atoms with Gasteiger partial charge in [-0.25, -0.2) is 9.78 Å². The van der Waals surface area contributed by atoms with Crippen LogP contribution in [0.15, 0.2) is 47.8 Å². The number of amides is 14. The highest BCUT2D eigenvalue weighted by molar-refractivity contribution is 6.01. The summed E-state index contributed by atoms with van der Waals surface area (Å²) in [6.07, 6.45) is 0.370. The number of aromatic nitrogens is 2. The van der Waals surface area contributed by atoms with Crippen molar-refractivity contribution in [1.29, 1.82) is 0 Å². The lowest BCUT2D eigenvalue weighted by atomic mass is 9.99. The molecule has 14 atom stereocenters. The first-order valence-corrected chi connectivity index (χ1v) is 40.9. The number of unbranched alkanes of at least 4 members (excludes halogenated alkanes) is 2. The second kappa shape index (κ2) is 52.3. The van der Waals surface area contributed by atoms with Gasteiger partial charge in [-0.3, -0.25) is 86.5 Å². The van der Waals surface area contributed by atoms with Crippen LogP contribution in [0.3, 0.4) is 0 Å². The topological polar surface area (TPSA) is 704 Å². The molecular weight excluding hydrogens is 1600 g/mol. The van der Waals surface area contributed by atoms with Crippen LogP contribution in [0.5, 0.6) is 0 Å². The number of aliphatic hydroxyl groups is 1. The van der Waals surface area contributed by atoms with Crippen molar-refractivity contribution in [3.05, 3.63) is 54.1 Å². The van der Waals surface area contributed by atoms with Crippen LogP contribution in [0.25, 0.3) is 0 Å². The molecule has 2 saturated heterocycles. The Morgan fingerprint density at radius 2 is 0.902 bits per heavy atom. The van der Waals surface area contributed by atoms with Crippen LogP contribution < -0.4 is 86.7 Å². The first kappa shape index (κ1) is 102. The Morgan fingerprint density at radius 3 is 1.37 bits per heavy atom. The van der Waals surface area contributed by atoms with E-state index in [9.17, 15) is 107 Å². The number of nitrogens with two attached hydrogens (primary N) is 4. The molecule has 2 aliphatic heterocycles. The number of carbonyl (C=O) groups excluding carboxylic acids is 14. The van der Waals surface area contributed by atoms with Gasteiger partial charge in [0.1, 0.15) is 84.6 Å². The Bertz CT molecular complexity index is 3910. The Morgan fingerprint density at radius 1 is 0.475 bits per heavy atom. The van der Waals surface area contributed by atoms with Crippen LogP contribution in [-0.4, -0.2) is 282 Å². The number of aliphatic imine (C=N–C) groups is 1. The number of nitrogens with zero attached hydrogens (tertiary/aromatic N) is 4. The SMILES string of the molecule is CC(=O)N[C@@H](CC(=O)O)C(=O)N[C@@H](CCCCN)C(=O)N[C@@H](CCC(=O)O)C(=O)N[C@@H](Cc1ccccc1)C(=O)N[C@@H](CC(C)C)C(=O)N[C@@H](Cc1cnc[nH]1)C(=O)N1CCC[C@H]1C(=O)N[C@@H](CO)C(=O)N[C@@H](CCCCN)C(=O)N[C@H](C(=O)N[C@@H](CC(=O)O)C(=O)N[C@@H](CC(C)C)C(=O)N1CCC[C@H]1C(=O)N[C@@H](CCCN=C(N)N)C(=O)O)C(C)C.